The van der Waals surface area contributed by atoms with Crippen LogP contribution >= 0.6 is 15.9 Å². The van der Waals surface area contributed by atoms with Gasteiger partial charge in [-0.3, -0.25) is 4.79 Å². The molecule has 3 rings (SSSR count). The van der Waals surface area contributed by atoms with E-state index in [1.165, 1.54) is 4.68 Å². The van der Waals surface area contributed by atoms with E-state index in [-0.39, 0.29) is 11.7 Å². The van der Waals surface area contributed by atoms with Crippen LogP contribution < -0.4 is 15.0 Å². The zero-order valence-corrected chi connectivity index (χ0v) is 20.5. The molecule has 0 aliphatic heterocycles. The van der Waals surface area contributed by atoms with Crippen LogP contribution in [-0.2, 0) is 12.8 Å². The van der Waals surface area contributed by atoms with E-state index in [0.29, 0.717) is 41.1 Å². The summed E-state index contributed by atoms with van der Waals surface area (Å²) in [6.07, 6.45) is 5.59. The van der Waals surface area contributed by atoms with Gasteiger partial charge in [-0.15, -0.1) is 6.58 Å². The minimum absolute atomic E-state index is 0.00478. The largest absolute Gasteiger partial charge is 0.493 e. The van der Waals surface area contributed by atoms with Gasteiger partial charge in [-0.05, 0) is 62.6 Å². The molecule has 0 bridgehead atoms. The van der Waals surface area contributed by atoms with Crippen LogP contribution in [0.4, 0.5) is 0 Å². The van der Waals surface area contributed by atoms with Crippen LogP contribution in [0.5, 0.6) is 11.5 Å². The number of rotatable bonds is 9. The zero-order chi connectivity index (χ0) is 23.3. The van der Waals surface area contributed by atoms with Crippen LogP contribution in [0.25, 0.3) is 10.9 Å². The van der Waals surface area contributed by atoms with Crippen molar-refractivity contribution in [2.24, 2.45) is 5.10 Å². The number of halogens is 1. The van der Waals surface area contributed by atoms with Gasteiger partial charge in [-0.1, -0.05) is 28.9 Å². The average Bonchev–Trinajstić information content (AvgIpc) is 2.75. The minimum Gasteiger partial charge on any atom is -0.493 e. The number of allylic oxidation sites excluding steroid dienone is 1. The summed E-state index contributed by atoms with van der Waals surface area (Å²) in [5, 5.41) is 5.04. The maximum atomic E-state index is 13.2. The van der Waals surface area contributed by atoms with Gasteiger partial charge in [0.2, 0.25) is 0 Å². The Bertz CT molecular complexity index is 1220. The Morgan fingerprint density at radius 1 is 1.28 bits per heavy atom. The number of aryl methyl sites for hydroxylation is 1. The number of methoxy groups -OCH3 is 1. The van der Waals surface area contributed by atoms with Gasteiger partial charge in [0, 0.05) is 16.5 Å². The fraction of sp³-hybridized carbons (Fsp3) is 0.320. The number of hydrogen-bond donors (Lipinski definition) is 0. The summed E-state index contributed by atoms with van der Waals surface area (Å²) in [6, 6.07) is 9.32. The highest BCUT2D eigenvalue weighted by atomic mass is 79.9. The van der Waals surface area contributed by atoms with Crippen molar-refractivity contribution in [3.8, 4) is 11.5 Å². The number of nitrogens with zero attached hydrogens (tertiary/aromatic N) is 3. The molecule has 1 aromatic heterocycles. The van der Waals surface area contributed by atoms with Gasteiger partial charge in [0.25, 0.3) is 5.56 Å². The van der Waals surface area contributed by atoms with Crippen molar-refractivity contribution in [2.45, 2.75) is 46.1 Å². The van der Waals surface area contributed by atoms with Crippen LogP contribution in [0, 0.1) is 0 Å². The van der Waals surface area contributed by atoms with Gasteiger partial charge in [0.1, 0.15) is 5.82 Å². The van der Waals surface area contributed by atoms with Crippen molar-refractivity contribution < 1.29 is 9.47 Å². The molecule has 168 valence electrons. The number of fused-ring (bicyclic) bond motifs is 1. The molecule has 0 saturated heterocycles. The third kappa shape index (κ3) is 5.27. The average molecular weight is 498 g/mol. The fourth-order valence-corrected chi connectivity index (χ4v) is 3.77. The van der Waals surface area contributed by atoms with E-state index < -0.39 is 0 Å². The Kier molecular flexibility index (Phi) is 7.85. The molecule has 0 amide bonds. The van der Waals surface area contributed by atoms with Gasteiger partial charge < -0.3 is 9.47 Å². The fourth-order valence-electron chi connectivity index (χ4n) is 3.41. The predicted molar refractivity (Wildman–Crippen MR) is 133 cm³/mol. The lowest BCUT2D eigenvalue weighted by molar-refractivity contribution is 0.228. The van der Waals surface area contributed by atoms with E-state index in [0.717, 1.165) is 22.0 Å². The van der Waals surface area contributed by atoms with E-state index in [4.69, 9.17) is 9.47 Å². The van der Waals surface area contributed by atoms with Gasteiger partial charge >= 0.3 is 0 Å². The molecular weight excluding hydrogens is 470 g/mol. The topological polar surface area (TPSA) is 65.7 Å². The van der Waals surface area contributed by atoms with Crippen molar-refractivity contribution in [3.63, 3.8) is 0 Å². The summed E-state index contributed by atoms with van der Waals surface area (Å²) >= 11 is 3.43. The lowest BCUT2D eigenvalue weighted by atomic mass is 10.1. The quantitative estimate of drug-likeness (QED) is 0.288. The van der Waals surface area contributed by atoms with Crippen molar-refractivity contribution in [2.75, 3.05) is 7.11 Å². The summed E-state index contributed by atoms with van der Waals surface area (Å²) < 4.78 is 13.8. The highest BCUT2D eigenvalue weighted by Gasteiger charge is 2.14. The molecule has 1 heterocycles. The maximum absolute atomic E-state index is 13.2. The molecule has 6 nitrogen and oxygen atoms in total. The van der Waals surface area contributed by atoms with E-state index >= 15 is 0 Å². The molecular formula is C25H28BrN3O3. The van der Waals surface area contributed by atoms with Gasteiger partial charge in [0.15, 0.2) is 11.5 Å². The first-order chi connectivity index (χ1) is 15.4. The highest BCUT2D eigenvalue weighted by molar-refractivity contribution is 9.10. The summed E-state index contributed by atoms with van der Waals surface area (Å²) in [4.78, 5) is 17.9. The maximum Gasteiger partial charge on any atom is 0.282 e. The smallest absolute Gasteiger partial charge is 0.282 e. The standard InChI is InChI=1S/C25H28BrN3O3/c1-6-8-18-12-17(13-22(31-5)24(18)32-16(3)4)15-27-29-23(9-7-2)28-21-11-10-19(26)14-20(21)25(29)30/h6,10-16H,1,7-9H2,2-5H3. The molecule has 0 aliphatic carbocycles. The molecule has 0 N–H and O–H groups in total. The van der Waals surface area contributed by atoms with Crippen molar-refractivity contribution in [1.29, 1.82) is 0 Å². The van der Waals surface area contributed by atoms with Crippen LogP contribution in [0.2, 0.25) is 0 Å². The molecule has 0 fully saturated rings. The van der Waals surface area contributed by atoms with Crippen LogP contribution in [0.1, 0.15) is 44.1 Å². The molecule has 32 heavy (non-hydrogen) atoms. The Balaban J connectivity index is 2.13. The molecule has 7 heteroatoms. The monoisotopic (exact) mass is 497 g/mol. The second-order valence-electron chi connectivity index (χ2n) is 7.67. The molecule has 2 aromatic carbocycles. The van der Waals surface area contributed by atoms with E-state index in [2.05, 4.69) is 32.6 Å². The van der Waals surface area contributed by atoms with Crippen LogP contribution in [0.3, 0.4) is 0 Å². The van der Waals surface area contributed by atoms with Crippen LogP contribution in [0.15, 0.2) is 57.4 Å². The lowest BCUT2D eigenvalue weighted by Gasteiger charge is -2.18. The first-order valence-electron chi connectivity index (χ1n) is 10.6. The van der Waals surface area contributed by atoms with E-state index in [1.54, 1.807) is 19.4 Å². The second kappa shape index (κ2) is 10.6. The summed E-state index contributed by atoms with van der Waals surface area (Å²) in [5.41, 5.74) is 2.20. The summed E-state index contributed by atoms with van der Waals surface area (Å²) in [6.45, 7) is 9.84. The van der Waals surface area contributed by atoms with Gasteiger partial charge in [-0.2, -0.15) is 9.78 Å². The third-order valence-electron chi connectivity index (χ3n) is 4.76. The second-order valence-corrected chi connectivity index (χ2v) is 8.59. The molecule has 3 aromatic rings. The summed E-state index contributed by atoms with van der Waals surface area (Å²) in [7, 11) is 1.61. The van der Waals surface area contributed by atoms with Gasteiger partial charge in [0.05, 0.1) is 30.3 Å². The Morgan fingerprint density at radius 2 is 2.06 bits per heavy atom. The zero-order valence-electron chi connectivity index (χ0n) is 18.9. The lowest BCUT2D eigenvalue weighted by Crippen LogP contribution is -2.22. The Morgan fingerprint density at radius 3 is 2.72 bits per heavy atom. The van der Waals surface area contributed by atoms with Crippen molar-refractivity contribution >= 4 is 33.0 Å². The number of benzene rings is 2. The first kappa shape index (κ1) is 23.7. The van der Waals surface area contributed by atoms with Gasteiger partial charge in [-0.25, -0.2) is 4.98 Å². The SMILES string of the molecule is C=CCc1cc(C=Nn2c(CCC)nc3ccc(Br)cc3c2=O)cc(OC)c1OC(C)C. The molecule has 0 radical (unpaired) electrons. The Hall–Kier alpha value is -2.93. The third-order valence-corrected chi connectivity index (χ3v) is 5.26. The minimum atomic E-state index is -0.200. The molecule has 0 atom stereocenters. The summed E-state index contributed by atoms with van der Waals surface area (Å²) in [5.74, 6) is 1.93. The normalized spacial score (nSPS) is 11.4. The predicted octanol–water partition coefficient (Wildman–Crippen LogP) is 5.52. The number of hydrogen-bond acceptors (Lipinski definition) is 5. The molecule has 0 spiro atoms. The Labute approximate surface area is 196 Å². The van der Waals surface area contributed by atoms with Crippen LogP contribution in [-0.4, -0.2) is 29.1 Å². The molecule has 0 saturated carbocycles. The van der Waals surface area contributed by atoms with Crippen molar-refractivity contribution in [1.82, 2.24) is 9.66 Å². The molecule has 0 unspecified atom stereocenters. The highest BCUT2D eigenvalue weighted by Crippen LogP contribution is 2.34. The van der Waals surface area contributed by atoms with E-state index in [9.17, 15) is 4.79 Å². The number of ether oxygens (including phenoxy) is 2. The number of aromatic nitrogens is 2. The van der Waals surface area contributed by atoms with Crippen molar-refractivity contribution in [3.05, 3.63) is 74.8 Å². The first-order valence-corrected chi connectivity index (χ1v) is 11.4. The van der Waals surface area contributed by atoms with E-state index in [1.807, 2.05) is 51.1 Å². The molecule has 0 aliphatic rings.